The van der Waals surface area contributed by atoms with Crippen molar-refractivity contribution in [3.8, 4) is 5.69 Å². The minimum atomic E-state index is -0.585. The molecule has 0 spiro atoms. The van der Waals surface area contributed by atoms with E-state index in [1.54, 1.807) is 36.2 Å². The molecule has 0 fully saturated rings. The van der Waals surface area contributed by atoms with Crippen LogP contribution in [-0.2, 0) is 0 Å². The van der Waals surface area contributed by atoms with Crippen molar-refractivity contribution in [3.63, 3.8) is 0 Å². The Labute approximate surface area is 180 Å². The zero-order chi connectivity index (χ0) is 22.4. The first-order valence-electron chi connectivity index (χ1n) is 9.77. The summed E-state index contributed by atoms with van der Waals surface area (Å²) >= 11 is 0. The van der Waals surface area contributed by atoms with Crippen LogP contribution in [0.25, 0.3) is 22.2 Å². The van der Waals surface area contributed by atoms with Gasteiger partial charge in [0.25, 0.3) is 0 Å². The van der Waals surface area contributed by atoms with Gasteiger partial charge in [-0.05, 0) is 72.8 Å². The molecule has 1 aromatic heterocycles. The Bertz CT molecular complexity index is 1210. The largest absolute Gasteiger partial charge is 0.314 e. The smallest absolute Gasteiger partial charge is 0.150 e. The van der Waals surface area contributed by atoms with E-state index in [0.717, 1.165) is 33.7 Å². The summed E-state index contributed by atoms with van der Waals surface area (Å²) in [5.41, 5.74) is 4.38. The molecular formula is C26H23F3N2. The first-order valence-corrected chi connectivity index (χ1v) is 9.77. The summed E-state index contributed by atoms with van der Waals surface area (Å²) in [5.74, 6) is -1.34. The number of hydrogen-bond acceptors (Lipinski definition) is 1. The molecule has 0 bridgehead atoms. The average Bonchev–Trinajstić information content (AvgIpc) is 3.17. The average molecular weight is 420 g/mol. The van der Waals surface area contributed by atoms with Crippen LogP contribution in [0.5, 0.6) is 0 Å². The zero-order valence-electron chi connectivity index (χ0n) is 17.6. The fourth-order valence-corrected chi connectivity index (χ4v) is 3.08. The molecule has 4 rings (SSSR count). The molecule has 0 aliphatic rings. The number of aliphatic imine (C=N–C) groups is 1. The fraction of sp³-hybridized carbons (Fsp3) is 0.115. The highest BCUT2D eigenvalue weighted by molar-refractivity contribution is 5.89. The Morgan fingerprint density at radius 2 is 1.58 bits per heavy atom. The molecule has 0 aliphatic heterocycles. The summed E-state index contributed by atoms with van der Waals surface area (Å²) < 4.78 is 41.0. The van der Waals surface area contributed by atoms with Gasteiger partial charge in [0.05, 0.1) is 11.2 Å². The molecule has 158 valence electrons. The Morgan fingerprint density at radius 3 is 2.23 bits per heavy atom. The van der Waals surface area contributed by atoms with E-state index < -0.39 is 11.6 Å². The minimum Gasteiger partial charge on any atom is -0.314 e. The van der Waals surface area contributed by atoms with Crippen molar-refractivity contribution in [2.45, 2.75) is 13.8 Å². The lowest BCUT2D eigenvalue weighted by Crippen LogP contribution is -1.97. The Kier molecular flexibility index (Phi) is 7.08. The third-order valence-electron chi connectivity index (χ3n) is 4.80. The van der Waals surface area contributed by atoms with Crippen LogP contribution < -0.4 is 0 Å². The summed E-state index contributed by atoms with van der Waals surface area (Å²) in [6.07, 6.45) is 5.45. The molecule has 2 nitrogen and oxygen atoms in total. The molecule has 0 aliphatic carbocycles. The van der Waals surface area contributed by atoms with E-state index in [1.807, 2.05) is 44.2 Å². The lowest BCUT2D eigenvalue weighted by Gasteiger charge is -2.08. The normalized spacial score (nSPS) is 11.6. The Morgan fingerprint density at radius 1 is 0.871 bits per heavy atom. The van der Waals surface area contributed by atoms with Crippen LogP contribution >= 0.6 is 0 Å². The molecule has 0 unspecified atom stereocenters. The van der Waals surface area contributed by atoms with Gasteiger partial charge in [-0.25, -0.2) is 13.2 Å². The van der Waals surface area contributed by atoms with Gasteiger partial charge in [-0.2, -0.15) is 0 Å². The predicted octanol–water partition coefficient (Wildman–Crippen LogP) is 7.15. The Hall–Kier alpha value is -3.60. The quantitative estimate of drug-likeness (QED) is 0.313. The van der Waals surface area contributed by atoms with Crippen LogP contribution in [0.3, 0.4) is 0 Å². The number of fused-ring (bicyclic) bond motifs is 1. The number of aryl methyl sites for hydroxylation is 1. The summed E-state index contributed by atoms with van der Waals surface area (Å²) in [7, 11) is 1.72. The molecule has 0 radical (unpaired) electrons. The van der Waals surface area contributed by atoms with Crippen molar-refractivity contribution < 1.29 is 13.2 Å². The van der Waals surface area contributed by atoms with E-state index >= 15 is 0 Å². The molecule has 0 saturated carbocycles. The predicted molar refractivity (Wildman–Crippen MR) is 122 cm³/mol. The zero-order valence-corrected chi connectivity index (χ0v) is 17.6. The topological polar surface area (TPSA) is 17.3 Å². The fourth-order valence-electron chi connectivity index (χ4n) is 3.08. The van der Waals surface area contributed by atoms with E-state index in [9.17, 15) is 13.2 Å². The molecule has 1 heterocycles. The lowest BCUT2D eigenvalue weighted by molar-refractivity contribution is 0.578. The number of halogens is 3. The maximum absolute atomic E-state index is 14.1. The van der Waals surface area contributed by atoms with Gasteiger partial charge < -0.3 is 4.57 Å². The van der Waals surface area contributed by atoms with Crippen molar-refractivity contribution in [1.29, 1.82) is 0 Å². The number of allylic oxidation sites excluding steroid dienone is 2. The monoisotopic (exact) mass is 420 g/mol. The minimum absolute atomic E-state index is 0.171. The molecule has 5 heteroatoms. The molecule has 0 amide bonds. The van der Waals surface area contributed by atoms with E-state index in [-0.39, 0.29) is 5.82 Å². The van der Waals surface area contributed by atoms with Crippen molar-refractivity contribution in [1.82, 2.24) is 4.57 Å². The van der Waals surface area contributed by atoms with Crippen molar-refractivity contribution in [2.75, 3.05) is 7.05 Å². The van der Waals surface area contributed by atoms with Gasteiger partial charge in [-0.3, -0.25) is 4.99 Å². The van der Waals surface area contributed by atoms with Gasteiger partial charge in [0.15, 0.2) is 0 Å². The van der Waals surface area contributed by atoms with Gasteiger partial charge in [-0.15, -0.1) is 0 Å². The second kappa shape index (κ2) is 9.94. The molecule has 0 atom stereocenters. The van der Waals surface area contributed by atoms with Gasteiger partial charge in [-0.1, -0.05) is 29.8 Å². The van der Waals surface area contributed by atoms with Gasteiger partial charge in [0, 0.05) is 25.5 Å². The number of rotatable bonds is 3. The maximum atomic E-state index is 14.1. The standard InChI is InChI=1S/C19H16F2N2.C7H7F/c1-13(7-9-22-2)15-4-3-14-8-10-23(19(14)11-15)18-6-5-16(20)12-17(18)21;1-6-2-4-7(8)5-3-6/h3-12H,1-2H3;2-5H,1H3/b13-7+,22-9?;. The first-order chi connectivity index (χ1) is 14.9. The molecular weight excluding hydrogens is 397 g/mol. The lowest BCUT2D eigenvalue weighted by atomic mass is 10.1. The summed E-state index contributed by atoms with van der Waals surface area (Å²) in [5, 5.41) is 0.995. The summed E-state index contributed by atoms with van der Waals surface area (Å²) in [6.45, 7) is 3.92. The molecule has 31 heavy (non-hydrogen) atoms. The van der Waals surface area contributed by atoms with Crippen LogP contribution in [-0.4, -0.2) is 17.8 Å². The van der Waals surface area contributed by atoms with Gasteiger partial charge >= 0.3 is 0 Å². The second-order valence-electron chi connectivity index (χ2n) is 7.11. The van der Waals surface area contributed by atoms with Crippen molar-refractivity contribution in [3.05, 3.63) is 108 Å². The van der Waals surface area contributed by atoms with E-state index in [0.29, 0.717) is 5.69 Å². The number of nitrogens with zero attached hydrogens (tertiary/aromatic N) is 2. The Balaban J connectivity index is 0.000000287. The van der Waals surface area contributed by atoms with Crippen LogP contribution in [0, 0.1) is 24.4 Å². The van der Waals surface area contributed by atoms with Crippen LogP contribution in [0.4, 0.5) is 13.2 Å². The third-order valence-corrected chi connectivity index (χ3v) is 4.80. The molecule has 0 N–H and O–H groups in total. The number of benzene rings is 3. The highest BCUT2D eigenvalue weighted by Gasteiger charge is 2.10. The summed E-state index contributed by atoms with van der Waals surface area (Å²) in [4.78, 5) is 3.95. The SMILES string of the molecule is CN=C/C=C(\C)c1ccc2ccn(-c3ccc(F)cc3F)c2c1.Cc1ccc(F)cc1. The van der Waals surface area contributed by atoms with Gasteiger partial charge in [0.2, 0.25) is 0 Å². The van der Waals surface area contributed by atoms with Crippen molar-refractivity contribution in [2.24, 2.45) is 4.99 Å². The van der Waals surface area contributed by atoms with Crippen LogP contribution in [0.1, 0.15) is 18.1 Å². The van der Waals surface area contributed by atoms with Crippen LogP contribution in [0.15, 0.2) is 84.0 Å². The third kappa shape index (κ3) is 5.51. The first kappa shape index (κ1) is 22.1. The number of hydrogen-bond donors (Lipinski definition) is 0. The van der Waals surface area contributed by atoms with E-state index in [1.165, 1.54) is 24.3 Å². The highest BCUT2D eigenvalue weighted by atomic mass is 19.1. The van der Waals surface area contributed by atoms with Crippen LogP contribution in [0.2, 0.25) is 0 Å². The molecule has 0 saturated heterocycles. The van der Waals surface area contributed by atoms with E-state index in [2.05, 4.69) is 4.99 Å². The number of aromatic nitrogens is 1. The van der Waals surface area contributed by atoms with Gasteiger partial charge in [0.1, 0.15) is 17.5 Å². The summed E-state index contributed by atoms with van der Waals surface area (Å²) in [6, 6.07) is 17.9. The molecule has 3 aromatic carbocycles. The van der Waals surface area contributed by atoms with Crippen molar-refractivity contribution >= 4 is 22.7 Å². The second-order valence-corrected chi connectivity index (χ2v) is 7.11. The maximum Gasteiger partial charge on any atom is 0.150 e. The molecule has 4 aromatic rings. The highest BCUT2D eigenvalue weighted by Crippen LogP contribution is 2.26. The van der Waals surface area contributed by atoms with E-state index in [4.69, 9.17) is 0 Å².